The summed E-state index contributed by atoms with van der Waals surface area (Å²) < 4.78 is 45.8. The van der Waals surface area contributed by atoms with Crippen LogP contribution in [0.15, 0.2) is 20.0 Å². The molecule has 7 aliphatic heterocycles. The van der Waals surface area contributed by atoms with Crippen molar-refractivity contribution in [1.29, 1.82) is 0 Å². The van der Waals surface area contributed by atoms with Crippen LogP contribution in [-0.4, -0.2) is 158 Å². The molecule has 0 aromatic rings. The number of aliphatic hydroxyl groups is 2. The van der Waals surface area contributed by atoms with Crippen LogP contribution in [0.2, 0.25) is 0 Å². The van der Waals surface area contributed by atoms with E-state index >= 15 is 0 Å². The van der Waals surface area contributed by atoms with Gasteiger partial charge in [-0.15, -0.1) is 4.52 Å². The second-order valence-electron chi connectivity index (χ2n) is 10.9. The van der Waals surface area contributed by atoms with Crippen molar-refractivity contribution in [2.75, 3.05) is 13.2 Å². The molecule has 3 saturated heterocycles. The highest BCUT2D eigenvalue weighted by molar-refractivity contribution is 7.54. The van der Waals surface area contributed by atoms with E-state index in [4.69, 9.17) is 39.0 Å². The van der Waals surface area contributed by atoms with Gasteiger partial charge in [-0.25, -0.2) is 14.5 Å². The quantitative estimate of drug-likeness (QED) is 0.121. The van der Waals surface area contributed by atoms with Crippen LogP contribution in [0.25, 0.3) is 0 Å². The zero-order valence-electron chi connectivity index (χ0n) is 23.1. The van der Waals surface area contributed by atoms with Crippen LogP contribution < -0.4 is 22.1 Å². The highest BCUT2D eigenvalue weighted by atomic mass is 31.2. The maximum Gasteiger partial charge on any atom is 0.570 e. The van der Waals surface area contributed by atoms with Crippen LogP contribution in [0, 0.1) is 0 Å². The smallest absolute Gasteiger partial charge is 0.386 e. The first-order valence-corrected chi connectivity index (χ1v) is 16.6. The number of carbonyl (C=O) groups is 2. The van der Waals surface area contributed by atoms with Crippen molar-refractivity contribution in [2.45, 2.75) is 73.5 Å². The molecule has 7 aliphatic rings. The summed E-state index contributed by atoms with van der Waals surface area (Å²) in [6.07, 6.45) is -12.2. The number of nitrogens with two attached hydrogens (primary N) is 2. The fourth-order valence-corrected chi connectivity index (χ4v) is 7.89. The van der Waals surface area contributed by atoms with E-state index in [2.05, 4.69) is 30.6 Å². The normalized spacial score (nSPS) is 46.6. The predicted molar refractivity (Wildman–Crippen MR) is 148 cm³/mol. The van der Waals surface area contributed by atoms with E-state index in [-0.39, 0.29) is 11.9 Å². The molecule has 0 aromatic carbocycles. The monoisotopic (exact) mass is 695 g/mol. The molecule has 2 amide bonds. The summed E-state index contributed by atoms with van der Waals surface area (Å²) in [6, 6.07) is -2.07. The maximum atomic E-state index is 13.1. The molecule has 0 aromatic heterocycles. The molecule has 252 valence electrons. The van der Waals surface area contributed by atoms with Gasteiger partial charge >= 0.3 is 16.0 Å². The van der Waals surface area contributed by atoms with E-state index in [0.717, 1.165) is 0 Å². The number of aliphatic hydroxyl groups excluding tert-OH is 2. The summed E-state index contributed by atoms with van der Waals surface area (Å²) in [5, 5.41) is 27.0. The molecule has 24 nitrogen and oxygen atoms in total. The van der Waals surface area contributed by atoms with Gasteiger partial charge in [-0.3, -0.25) is 39.3 Å². The molecule has 0 radical (unpaired) electrons. The molecule has 46 heavy (non-hydrogen) atoms. The van der Waals surface area contributed by atoms with E-state index in [9.17, 15) is 39.0 Å². The molecule has 5 unspecified atom stereocenters. The average molecular weight is 695 g/mol. The van der Waals surface area contributed by atoms with E-state index in [1.807, 2.05) is 0 Å². The number of fused-ring (bicyclic) bond motifs is 4. The van der Waals surface area contributed by atoms with Gasteiger partial charge in [0.25, 0.3) is 11.8 Å². The third kappa shape index (κ3) is 5.53. The first kappa shape index (κ1) is 31.6. The highest BCUT2D eigenvalue weighted by Gasteiger charge is 2.60. The summed E-state index contributed by atoms with van der Waals surface area (Å²) in [5.41, 5.74) is 11.3. The minimum Gasteiger partial charge on any atom is -0.386 e. The standard InChI is InChI=1S/C20H28N10O14P2/c21-19-25-13-7(15(33)27-19)23-3-29(13)17-9(31)11-5(41-17)1-39-45(35,36)44-12-6(2-40-46(37,38)43-11)42-18(10(12)32)30-4-24-8-14(30)26-20(22)28-16(8)34/h3-14,17-18,31-32,35-36H,1-2H2,(H6-,21,22,25,26,27,28,33,34,37,38)/p+1/t5-,6-,7?,8?,9-,10-,11-,12-,13?,14?,17-,18-/m1/s1. The first-order chi connectivity index (χ1) is 21.7. The van der Waals surface area contributed by atoms with Crippen LogP contribution >= 0.6 is 16.0 Å². The lowest BCUT2D eigenvalue weighted by Gasteiger charge is -2.33. The molecular weight excluding hydrogens is 666 g/mol. The molecule has 11 N–H and O–H groups in total. The Morgan fingerprint density at radius 1 is 0.870 bits per heavy atom. The van der Waals surface area contributed by atoms with Crippen LogP contribution in [0.1, 0.15) is 0 Å². The Hall–Kier alpha value is -2.96. The number of ether oxygens (including phenoxy) is 2. The minimum absolute atomic E-state index is 0.210. The molecule has 0 aliphatic carbocycles. The van der Waals surface area contributed by atoms with Gasteiger partial charge in [-0.1, -0.05) is 0 Å². The molecular formula is C20H29N10O14P2+. The van der Waals surface area contributed by atoms with Crippen molar-refractivity contribution in [2.24, 2.45) is 31.4 Å². The fourth-order valence-electron chi connectivity index (χ4n) is 5.95. The number of nitrogens with zero attached hydrogens (tertiary/aromatic N) is 6. The molecule has 13 atom stereocenters. The molecule has 3 fully saturated rings. The summed E-state index contributed by atoms with van der Waals surface area (Å²) in [7, 11) is -9.89. The van der Waals surface area contributed by atoms with Crippen LogP contribution in [0.3, 0.4) is 0 Å². The lowest BCUT2D eigenvalue weighted by atomic mass is 10.1. The Kier molecular flexibility index (Phi) is 7.79. The molecule has 7 heterocycles. The largest absolute Gasteiger partial charge is 0.570 e. The van der Waals surface area contributed by atoms with Gasteiger partial charge in [0.1, 0.15) is 37.1 Å². The molecule has 7 rings (SSSR count). The third-order valence-electron chi connectivity index (χ3n) is 8.01. The van der Waals surface area contributed by atoms with Crippen molar-refractivity contribution in [1.82, 2.24) is 20.4 Å². The van der Waals surface area contributed by atoms with Crippen molar-refractivity contribution < 1.29 is 66.6 Å². The Bertz CT molecular complexity index is 1470. The van der Waals surface area contributed by atoms with E-state index in [1.165, 1.54) is 22.5 Å². The van der Waals surface area contributed by atoms with E-state index < -0.39 is 115 Å². The first-order valence-electron chi connectivity index (χ1n) is 13.6. The molecule has 0 spiro atoms. The van der Waals surface area contributed by atoms with Crippen LogP contribution in [-0.2, 0) is 41.7 Å². The number of carbonyl (C=O) groups excluding carboxylic acids is 2. The Morgan fingerprint density at radius 3 is 1.91 bits per heavy atom. The van der Waals surface area contributed by atoms with Crippen molar-refractivity contribution in [3.8, 4) is 0 Å². The van der Waals surface area contributed by atoms with Crippen molar-refractivity contribution >= 4 is 52.4 Å². The Labute approximate surface area is 257 Å². The van der Waals surface area contributed by atoms with Gasteiger partial charge in [-0.2, -0.15) is 14.3 Å². The van der Waals surface area contributed by atoms with Gasteiger partial charge in [0, 0.05) is 0 Å². The van der Waals surface area contributed by atoms with Gasteiger partial charge in [-0.05, 0) is 0 Å². The Morgan fingerprint density at radius 2 is 1.37 bits per heavy atom. The molecule has 26 heteroatoms. The van der Waals surface area contributed by atoms with Gasteiger partial charge in [0.15, 0.2) is 54.9 Å². The van der Waals surface area contributed by atoms with Gasteiger partial charge < -0.3 is 45.8 Å². The zero-order chi connectivity index (χ0) is 32.7. The van der Waals surface area contributed by atoms with Gasteiger partial charge in [0.2, 0.25) is 0 Å². The maximum absolute atomic E-state index is 13.1. The number of aliphatic imine (C=N–C) groups is 4. The van der Waals surface area contributed by atoms with Crippen LogP contribution in [0.4, 0.5) is 0 Å². The number of hydrogen-bond donors (Lipinski definition) is 9. The second kappa shape index (κ2) is 11.3. The van der Waals surface area contributed by atoms with E-state index in [0.29, 0.717) is 0 Å². The average Bonchev–Trinajstić information content (AvgIpc) is 3.72. The van der Waals surface area contributed by atoms with Crippen molar-refractivity contribution in [3.05, 3.63) is 0 Å². The van der Waals surface area contributed by atoms with Crippen LogP contribution in [0.5, 0.6) is 0 Å². The zero-order valence-corrected chi connectivity index (χ0v) is 24.9. The summed E-state index contributed by atoms with van der Waals surface area (Å²) >= 11 is 0. The number of rotatable bonds is 2. The number of nitrogens with one attached hydrogen (secondary N) is 2. The number of hydrogen-bond acceptors (Lipinski definition) is 21. The third-order valence-corrected chi connectivity index (χ3v) is 10.00. The number of phosphoric ester groups is 1. The minimum atomic E-state index is -5.06. The van der Waals surface area contributed by atoms with E-state index in [1.54, 1.807) is 0 Å². The second-order valence-corrected chi connectivity index (χ2v) is 13.8. The summed E-state index contributed by atoms with van der Waals surface area (Å²) in [6.45, 7) is -1.60. The molecule has 0 saturated carbocycles. The summed E-state index contributed by atoms with van der Waals surface area (Å²) in [4.78, 5) is 75.5. The SMILES string of the molecule is NC1=NC2C(N=CN2[C@@H]2O[C@@H]3CO[P+](O)(O)O[C@H]4[C@@H](O)[C@H](N5C=NC6C(=O)NC(N)=NC65)O[C@@H]4COP(=O)(O)O[C@H]3[C@H]2O)C(=O)N1. The summed E-state index contributed by atoms with van der Waals surface area (Å²) in [5.74, 6) is -1.55. The van der Waals surface area contributed by atoms with Gasteiger partial charge in [0.05, 0.1) is 19.3 Å². The fraction of sp³-hybridized carbons (Fsp3) is 0.700. The highest BCUT2D eigenvalue weighted by Crippen LogP contribution is 2.57. The lowest BCUT2D eigenvalue weighted by molar-refractivity contribution is -0.125. The number of guanidine groups is 2. The Balaban J connectivity index is 1.10. The number of amides is 2. The topological polar surface area (TPSA) is 340 Å². The molecule has 0 bridgehead atoms. The van der Waals surface area contributed by atoms with Crippen molar-refractivity contribution in [3.63, 3.8) is 0 Å². The lowest BCUT2D eigenvalue weighted by Crippen LogP contribution is -2.57. The number of phosphoric acid groups is 1. The predicted octanol–water partition coefficient (Wildman–Crippen LogP) is -6.30.